The number of imidazole rings is 1. The lowest BCUT2D eigenvalue weighted by Crippen LogP contribution is -2.41. The van der Waals surface area contributed by atoms with Crippen LogP contribution >= 0.6 is 0 Å². The molecule has 1 fully saturated rings. The third-order valence-corrected chi connectivity index (χ3v) is 4.97. The van der Waals surface area contributed by atoms with Crippen LogP contribution in [0.5, 0.6) is 0 Å². The lowest BCUT2D eigenvalue weighted by molar-refractivity contribution is 0.00578. The van der Waals surface area contributed by atoms with Crippen LogP contribution in [0.4, 0.5) is 0 Å². The maximum Gasteiger partial charge on any atom is 0.494 e. The smallest absolute Gasteiger partial charge is 0.399 e. The van der Waals surface area contributed by atoms with E-state index < -0.39 is 0 Å². The molecule has 1 aromatic carbocycles. The van der Waals surface area contributed by atoms with Gasteiger partial charge in [-0.15, -0.1) is 0 Å². The van der Waals surface area contributed by atoms with E-state index >= 15 is 0 Å². The van der Waals surface area contributed by atoms with E-state index in [0.717, 1.165) is 22.4 Å². The van der Waals surface area contributed by atoms with Crippen molar-refractivity contribution in [1.82, 2.24) is 14.6 Å². The Kier molecular flexibility index (Phi) is 3.30. The Morgan fingerprint density at radius 2 is 1.62 bits per heavy atom. The zero-order valence-corrected chi connectivity index (χ0v) is 14.4. The van der Waals surface area contributed by atoms with Crippen LogP contribution in [-0.4, -0.2) is 32.9 Å². The van der Waals surface area contributed by atoms with E-state index in [1.807, 2.05) is 42.6 Å². The molecule has 1 aliphatic rings. The fourth-order valence-corrected chi connectivity index (χ4v) is 2.76. The van der Waals surface area contributed by atoms with Crippen LogP contribution in [0.15, 0.2) is 48.8 Å². The van der Waals surface area contributed by atoms with Gasteiger partial charge in [0.15, 0.2) is 5.65 Å². The van der Waals surface area contributed by atoms with Gasteiger partial charge in [0, 0.05) is 11.8 Å². The Bertz CT molecular complexity index is 838. The molecule has 0 unspecified atom stereocenters. The van der Waals surface area contributed by atoms with E-state index in [1.165, 1.54) is 0 Å². The lowest BCUT2D eigenvalue weighted by atomic mass is 9.79. The zero-order valence-electron chi connectivity index (χ0n) is 14.4. The van der Waals surface area contributed by atoms with Crippen molar-refractivity contribution in [2.24, 2.45) is 0 Å². The summed E-state index contributed by atoms with van der Waals surface area (Å²) in [6.45, 7) is 8.24. The van der Waals surface area contributed by atoms with Crippen LogP contribution in [0, 0.1) is 0 Å². The van der Waals surface area contributed by atoms with Gasteiger partial charge in [0.1, 0.15) is 0 Å². The van der Waals surface area contributed by atoms with E-state index in [0.29, 0.717) is 0 Å². The molecule has 5 nitrogen and oxygen atoms in total. The Hall–Kier alpha value is -2.18. The summed E-state index contributed by atoms with van der Waals surface area (Å²) in [7, 11) is -0.341. The van der Waals surface area contributed by atoms with Crippen molar-refractivity contribution in [3.05, 3.63) is 48.8 Å². The van der Waals surface area contributed by atoms with Crippen LogP contribution < -0.4 is 5.46 Å². The molecular formula is C18H20BN3O2. The van der Waals surface area contributed by atoms with Gasteiger partial charge in [-0.25, -0.2) is 9.50 Å². The second-order valence-electron chi connectivity index (χ2n) is 7.16. The third kappa shape index (κ3) is 2.42. The molecular weight excluding hydrogens is 301 g/mol. The molecule has 0 spiro atoms. The number of fused-ring (bicyclic) bond motifs is 1. The first-order valence-electron chi connectivity index (χ1n) is 8.12. The van der Waals surface area contributed by atoms with E-state index in [-0.39, 0.29) is 18.3 Å². The first-order valence-corrected chi connectivity index (χ1v) is 8.12. The minimum Gasteiger partial charge on any atom is -0.399 e. The highest BCUT2D eigenvalue weighted by atomic mass is 16.7. The van der Waals surface area contributed by atoms with Crippen LogP contribution in [0.3, 0.4) is 0 Å². The number of hydrogen-bond acceptors (Lipinski definition) is 4. The zero-order chi connectivity index (χ0) is 16.9. The van der Waals surface area contributed by atoms with Gasteiger partial charge < -0.3 is 9.31 Å². The molecule has 6 heteroatoms. The molecule has 0 N–H and O–H groups in total. The molecule has 1 saturated heterocycles. The molecule has 0 amide bonds. The SMILES string of the molecule is CC1(C)OB(c2ccc(-c3cn4ncccc4n3)cc2)OC1(C)C. The van der Waals surface area contributed by atoms with Crippen molar-refractivity contribution in [3.63, 3.8) is 0 Å². The van der Waals surface area contributed by atoms with Crippen molar-refractivity contribution in [1.29, 1.82) is 0 Å². The third-order valence-electron chi connectivity index (χ3n) is 4.97. The van der Waals surface area contributed by atoms with Gasteiger partial charge in [-0.05, 0) is 45.3 Å². The molecule has 4 rings (SSSR count). The first-order chi connectivity index (χ1) is 11.4. The first kappa shape index (κ1) is 15.4. The number of hydrogen-bond donors (Lipinski definition) is 0. The molecule has 0 aliphatic carbocycles. The monoisotopic (exact) mass is 321 g/mol. The molecule has 3 heterocycles. The summed E-state index contributed by atoms with van der Waals surface area (Å²) in [5.41, 5.74) is 3.13. The second kappa shape index (κ2) is 5.16. The minimum absolute atomic E-state index is 0.330. The Labute approximate surface area is 141 Å². The highest BCUT2D eigenvalue weighted by molar-refractivity contribution is 6.62. The summed E-state index contributed by atoms with van der Waals surface area (Å²) >= 11 is 0. The highest BCUT2D eigenvalue weighted by Gasteiger charge is 2.51. The van der Waals surface area contributed by atoms with E-state index in [1.54, 1.807) is 10.7 Å². The minimum atomic E-state index is -0.341. The topological polar surface area (TPSA) is 48.7 Å². The Morgan fingerprint density at radius 3 is 2.25 bits per heavy atom. The molecule has 122 valence electrons. The molecule has 0 radical (unpaired) electrons. The second-order valence-corrected chi connectivity index (χ2v) is 7.16. The van der Waals surface area contributed by atoms with Gasteiger partial charge in [0.25, 0.3) is 0 Å². The molecule has 1 aliphatic heterocycles. The van der Waals surface area contributed by atoms with Crippen molar-refractivity contribution >= 4 is 18.2 Å². The van der Waals surface area contributed by atoms with Crippen LogP contribution in [0.1, 0.15) is 27.7 Å². The molecule has 3 aromatic rings. The van der Waals surface area contributed by atoms with E-state index in [4.69, 9.17) is 9.31 Å². The lowest BCUT2D eigenvalue weighted by Gasteiger charge is -2.32. The van der Waals surface area contributed by atoms with Crippen LogP contribution in [0.25, 0.3) is 16.9 Å². The average Bonchev–Trinajstić information content (AvgIpc) is 3.06. The molecule has 24 heavy (non-hydrogen) atoms. The maximum absolute atomic E-state index is 6.09. The summed E-state index contributed by atoms with van der Waals surface area (Å²) < 4.78 is 14.0. The molecule has 2 aromatic heterocycles. The number of rotatable bonds is 2. The summed E-state index contributed by atoms with van der Waals surface area (Å²) in [4.78, 5) is 4.59. The largest absolute Gasteiger partial charge is 0.494 e. The Balaban J connectivity index is 1.61. The van der Waals surface area contributed by atoms with Gasteiger partial charge in [0.05, 0.1) is 23.1 Å². The number of aromatic nitrogens is 3. The van der Waals surface area contributed by atoms with Crippen LogP contribution in [0.2, 0.25) is 0 Å². The van der Waals surface area contributed by atoms with Gasteiger partial charge in [-0.2, -0.15) is 5.10 Å². The predicted molar refractivity (Wildman–Crippen MR) is 94.1 cm³/mol. The Morgan fingerprint density at radius 1 is 0.958 bits per heavy atom. The summed E-state index contributed by atoms with van der Waals surface area (Å²) in [6.07, 6.45) is 3.68. The van der Waals surface area contributed by atoms with Gasteiger partial charge in [0.2, 0.25) is 0 Å². The summed E-state index contributed by atoms with van der Waals surface area (Å²) in [5.74, 6) is 0. The average molecular weight is 321 g/mol. The quantitative estimate of drug-likeness (QED) is 0.681. The summed E-state index contributed by atoms with van der Waals surface area (Å²) in [6, 6.07) is 12.0. The number of benzene rings is 1. The van der Waals surface area contributed by atoms with E-state index in [9.17, 15) is 0 Å². The maximum atomic E-state index is 6.09. The fraction of sp³-hybridized carbons (Fsp3) is 0.333. The highest BCUT2D eigenvalue weighted by Crippen LogP contribution is 2.36. The fourth-order valence-electron chi connectivity index (χ4n) is 2.76. The van der Waals surface area contributed by atoms with Crippen molar-refractivity contribution in [3.8, 4) is 11.3 Å². The van der Waals surface area contributed by atoms with Gasteiger partial charge in [-0.1, -0.05) is 24.3 Å². The van der Waals surface area contributed by atoms with Gasteiger partial charge in [-0.3, -0.25) is 0 Å². The van der Waals surface area contributed by atoms with Crippen molar-refractivity contribution in [2.45, 2.75) is 38.9 Å². The van der Waals surface area contributed by atoms with Crippen molar-refractivity contribution < 1.29 is 9.31 Å². The van der Waals surface area contributed by atoms with E-state index in [2.05, 4.69) is 37.8 Å². The van der Waals surface area contributed by atoms with Gasteiger partial charge >= 0.3 is 7.12 Å². The normalized spacial score (nSPS) is 19.1. The summed E-state index contributed by atoms with van der Waals surface area (Å²) in [5, 5.41) is 4.25. The molecule has 0 bridgehead atoms. The van der Waals surface area contributed by atoms with Crippen LogP contribution in [-0.2, 0) is 9.31 Å². The molecule has 0 atom stereocenters. The number of nitrogens with zero attached hydrogens (tertiary/aromatic N) is 3. The predicted octanol–water partition coefficient (Wildman–Crippen LogP) is 2.70. The standard InChI is InChI=1S/C18H20BN3O2/c1-17(2)18(3,4)24-19(23-17)14-9-7-13(8-10-14)15-12-22-16(21-15)6-5-11-20-22/h5-12H,1-4H3. The van der Waals surface area contributed by atoms with Crippen molar-refractivity contribution in [2.75, 3.05) is 0 Å². The molecule has 0 saturated carbocycles.